The van der Waals surface area contributed by atoms with Crippen molar-refractivity contribution in [3.63, 3.8) is 0 Å². The molecule has 17 heavy (non-hydrogen) atoms. The molecule has 0 aliphatic rings. The lowest BCUT2D eigenvalue weighted by atomic mass is 10.1. The summed E-state index contributed by atoms with van der Waals surface area (Å²) < 4.78 is 0.707. The average molecular weight is 275 g/mol. The van der Waals surface area contributed by atoms with E-state index in [4.69, 9.17) is 5.11 Å². The molecule has 1 heterocycles. The Balaban J connectivity index is 2.46. The normalized spacial score (nSPS) is 10.8. The maximum atomic E-state index is 10.4. The van der Waals surface area contributed by atoms with Crippen molar-refractivity contribution in [3.05, 3.63) is 0 Å². The molecule has 0 aliphatic carbocycles. The number of carbonyl (C=O) groups is 1. The van der Waals surface area contributed by atoms with Crippen LogP contribution in [0.1, 0.15) is 20.3 Å². The lowest BCUT2D eigenvalue weighted by Crippen LogP contribution is -2.19. The summed E-state index contributed by atoms with van der Waals surface area (Å²) in [6.45, 7) is 5.31. The third-order valence-electron chi connectivity index (χ3n) is 2.08. The topological polar surface area (TPSA) is 66.3 Å². The van der Waals surface area contributed by atoms with Crippen LogP contribution in [0.2, 0.25) is 0 Å². The number of rotatable bonds is 7. The SMILES string of the molecule is CC(C)CCN(C)c1nnc(SCC(=O)O)s1. The Kier molecular flexibility index (Phi) is 5.70. The van der Waals surface area contributed by atoms with E-state index < -0.39 is 5.97 Å². The fraction of sp³-hybridized carbons (Fsp3) is 0.700. The molecule has 0 radical (unpaired) electrons. The monoisotopic (exact) mass is 275 g/mol. The quantitative estimate of drug-likeness (QED) is 0.770. The van der Waals surface area contributed by atoms with Crippen LogP contribution >= 0.6 is 23.1 Å². The Morgan fingerprint density at radius 3 is 2.82 bits per heavy atom. The maximum absolute atomic E-state index is 10.4. The van der Waals surface area contributed by atoms with Gasteiger partial charge in [-0.3, -0.25) is 4.79 Å². The van der Waals surface area contributed by atoms with Crippen LogP contribution in [-0.2, 0) is 4.79 Å². The molecule has 0 unspecified atom stereocenters. The van der Waals surface area contributed by atoms with Gasteiger partial charge in [-0.1, -0.05) is 36.9 Å². The van der Waals surface area contributed by atoms with Crippen LogP contribution in [0.25, 0.3) is 0 Å². The lowest BCUT2D eigenvalue weighted by molar-refractivity contribution is -0.133. The summed E-state index contributed by atoms with van der Waals surface area (Å²) in [5.74, 6) is -0.143. The first kappa shape index (κ1) is 14.2. The van der Waals surface area contributed by atoms with Gasteiger partial charge >= 0.3 is 5.97 Å². The Labute approximate surface area is 109 Å². The van der Waals surface area contributed by atoms with Gasteiger partial charge in [-0.25, -0.2) is 0 Å². The lowest BCUT2D eigenvalue weighted by Gasteiger charge is -2.15. The molecule has 1 rings (SSSR count). The summed E-state index contributed by atoms with van der Waals surface area (Å²) in [6, 6.07) is 0. The van der Waals surface area contributed by atoms with E-state index in [2.05, 4.69) is 28.9 Å². The van der Waals surface area contributed by atoms with Crippen molar-refractivity contribution < 1.29 is 9.90 Å². The molecule has 0 aromatic carbocycles. The number of carboxylic acid groups (broad SMARTS) is 1. The van der Waals surface area contributed by atoms with E-state index in [-0.39, 0.29) is 5.75 Å². The van der Waals surface area contributed by atoms with Crippen molar-refractivity contribution in [3.8, 4) is 0 Å². The van der Waals surface area contributed by atoms with Gasteiger partial charge in [0.1, 0.15) is 0 Å². The van der Waals surface area contributed by atoms with Gasteiger partial charge in [0.2, 0.25) is 5.13 Å². The van der Waals surface area contributed by atoms with Crippen molar-refractivity contribution in [2.75, 3.05) is 24.2 Å². The number of hydrogen-bond acceptors (Lipinski definition) is 6. The highest BCUT2D eigenvalue weighted by Gasteiger charge is 2.10. The summed E-state index contributed by atoms with van der Waals surface area (Å²) in [5.41, 5.74) is 0. The van der Waals surface area contributed by atoms with Crippen LogP contribution in [0.5, 0.6) is 0 Å². The Bertz CT molecular complexity index is 368. The van der Waals surface area contributed by atoms with Crippen molar-refractivity contribution >= 4 is 34.2 Å². The number of aliphatic carboxylic acids is 1. The van der Waals surface area contributed by atoms with Crippen LogP contribution in [-0.4, -0.2) is 40.6 Å². The molecule has 1 N–H and O–H groups in total. The maximum Gasteiger partial charge on any atom is 0.313 e. The Morgan fingerprint density at radius 2 is 2.24 bits per heavy atom. The fourth-order valence-electron chi connectivity index (χ4n) is 1.09. The highest BCUT2D eigenvalue weighted by Crippen LogP contribution is 2.27. The van der Waals surface area contributed by atoms with E-state index in [9.17, 15) is 4.79 Å². The summed E-state index contributed by atoms with van der Waals surface area (Å²) in [7, 11) is 1.98. The van der Waals surface area contributed by atoms with Crippen molar-refractivity contribution in [2.45, 2.75) is 24.6 Å². The molecule has 0 aliphatic heterocycles. The van der Waals surface area contributed by atoms with Gasteiger partial charge in [-0.05, 0) is 12.3 Å². The first-order valence-corrected chi connectivity index (χ1v) is 7.18. The highest BCUT2D eigenvalue weighted by atomic mass is 32.2. The standard InChI is InChI=1S/C10H17N3O2S2/c1-7(2)4-5-13(3)9-11-12-10(17-9)16-6-8(14)15/h7H,4-6H2,1-3H3,(H,14,15). The van der Waals surface area contributed by atoms with E-state index >= 15 is 0 Å². The molecule has 1 aromatic heterocycles. The van der Waals surface area contributed by atoms with Crippen molar-refractivity contribution in [2.24, 2.45) is 5.92 Å². The minimum absolute atomic E-state index is 0.0321. The zero-order chi connectivity index (χ0) is 12.8. The molecule has 0 amide bonds. The molecule has 0 atom stereocenters. The summed E-state index contributed by atoms with van der Waals surface area (Å²) >= 11 is 2.65. The van der Waals surface area contributed by atoms with E-state index in [1.54, 1.807) is 0 Å². The second-order valence-electron chi connectivity index (χ2n) is 4.14. The van der Waals surface area contributed by atoms with Gasteiger partial charge in [-0.2, -0.15) is 0 Å². The fourth-order valence-corrected chi connectivity index (χ4v) is 2.63. The highest BCUT2D eigenvalue weighted by molar-refractivity contribution is 8.01. The van der Waals surface area contributed by atoms with Gasteiger partial charge in [0.05, 0.1) is 5.75 Å². The van der Waals surface area contributed by atoms with Crippen molar-refractivity contribution in [1.29, 1.82) is 0 Å². The zero-order valence-corrected chi connectivity index (χ0v) is 11.8. The number of carboxylic acids is 1. The molecule has 0 fully saturated rings. The van der Waals surface area contributed by atoms with Crippen LogP contribution in [0.3, 0.4) is 0 Å². The number of thioether (sulfide) groups is 1. The molecule has 0 saturated carbocycles. The molecular formula is C10H17N3O2S2. The third-order valence-corrected chi connectivity index (χ3v) is 4.24. The summed E-state index contributed by atoms with van der Waals surface area (Å²) in [5, 5.41) is 17.4. The Morgan fingerprint density at radius 1 is 1.53 bits per heavy atom. The smallest absolute Gasteiger partial charge is 0.313 e. The molecular weight excluding hydrogens is 258 g/mol. The van der Waals surface area contributed by atoms with Gasteiger partial charge < -0.3 is 10.0 Å². The van der Waals surface area contributed by atoms with Crippen LogP contribution in [0, 0.1) is 5.92 Å². The minimum atomic E-state index is -0.833. The van der Waals surface area contributed by atoms with Gasteiger partial charge in [0.15, 0.2) is 4.34 Å². The summed E-state index contributed by atoms with van der Waals surface area (Å²) in [4.78, 5) is 12.5. The first-order chi connectivity index (χ1) is 7.99. The minimum Gasteiger partial charge on any atom is -0.481 e. The predicted octanol–water partition coefficient (Wildman–Crippen LogP) is 2.20. The Hall–Kier alpha value is -0.820. The second kappa shape index (κ2) is 6.80. The van der Waals surface area contributed by atoms with Crippen LogP contribution < -0.4 is 4.90 Å². The van der Waals surface area contributed by atoms with Gasteiger partial charge in [-0.15, -0.1) is 10.2 Å². The van der Waals surface area contributed by atoms with Crippen LogP contribution in [0.4, 0.5) is 5.13 Å². The number of aromatic nitrogens is 2. The van der Waals surface area contributed by atoms with E-state index in [1.165, 1.54) is 23.1 Å². The predicted molar refractivity (Wildman–Crippen MR) is 71.0 cm³/mol. The number of hydrogen-bond donors (Lipinski definition) is 1. The second-order valence-corrected chi connectivity index (χ2v) is 6.32. The zero-order valence-electron chi connectivity index (χ0n) is 10.2. The summed E-state index contributed by atoms with van der Waals surface area (Å²) in [6.07, 6.45) is 1.10. The van der Waals surface area contributed by atoms with Crippen molar-refractivity contribution in [1.82, 2.24) is 10.2 Å². The molecule has 5 nitrogen and oxygen atoms in total. The van der Waals surface area contributed by atoms with Gasteiger partial charge in [0.25, 0.3) is 0 Å². The number of anilines is 1. The molecule has 96 valence electrons. The molecule has 0 bridgehead atoms. The first-order valence-electron chi connectivity index (χ1n) is 5.38. The number of nitrogens with zero attached hydrogens (tertiary/aromatic N) is 3. The average Bonchev–Trinajstić information content (AvgIpc) is 2.71. The molecule has 1 aromatic rings. The molecule has 0 spiro atoms. The van der Waals surface area contributed by atoms with E-state index in [0.29, 0.717) is 10.3 Å². The molecule has 7 heteroatoms. The van der Waals surface area contributed by atoms with Crippen LogP contribution in [0.15, 0.2) is 4.34 Å². The molecule has 0 saturated heterocycles. The van der Waals surface area contributed by atoms with E-state index in [1.807, 2.05) is 7.05 Å². The largest absolute Gasteiger partial charge is 0.481 e. The third kappa shape index (κ3) is 5.36. The van der Waals surface area contributed by atoms with Gasteiger partial charge in [0, 0.05) is 13.6 Å². The van der Waals surface area contributed by atoms with E-state index in [0.717, 1.165) is 18.1 Å².